The number of hydrogen-bond acceptors (Lipinski definition) is 5. The second kappa shape index (κ2) is 18.4. The summed E-state index contributed by atoms with van der Waals surface area (Å²) < 4.78 is 0. The predicted molar refractivity (Wildman–Crippen MR) is 300 cm³/mol. The van der Waals surface area contributed by atoms with Gasteiger partial charge in [-0.05, 0) is 154 Å². The first-order valence-electron chi connectivity index (χ1n) is 24.0. The molecular weight excluding hydrogens is 899 g/mol. The Labute approximate surface area is 424 Å². The van der Waals surface area contributed by atoms with Crippen LogP contribution in [0.5, 0.6) is 0 Å². The molecule has 0 saturated heterocycles. The summed E-state index contributed by atoms with van der Waals surface area (Å²) in [7, 11) is 0. The van der Waals surface area contributed by atoms with Crippen molar-refractivity contribution in [2.75, 3.05) is 14.7 Å². The molecule has 13 rings (SSSR count). The van der Waals surface area contributed by atoms with Gasteiger partial charge in [0.05, 0.1) is 22.7 Å². The van der Waals surface area contributed by atoms with E-state index in [1.165, 1.54) is 86.8 Å². The molecule has 0 aliphatic carbocycles. The highest BCUT2D eigenvalue weighted by molar-refractivity contribution is 8.00. The first-order chi connectivity index (χ1) is 35.2. The third-order valence-corrected chi connectivity index (χ3v) is 15.7. The van der Waals surface area contributed by atoms with E-state index in [4.69, 9.17) is 0 Å². The number of nitrogens with zero attached hydrogens (tertiary/aromatic N) is 3. The zero-order valence-electron chi connectivity index (χ0n) is 38.6. The Morgan fingerprint density at radius 1 is 0.211 bits per heavy atom. The molecule has 11 aromatic carbocycles. The van der Waals surface area contributed by atoms with Crippen molar-refractivity contribution in [3.8, 4) is 44.5 Å². The van der Waals surface area contributed by atoms with E-state index >= 15 is 0 Å². The second-order valence-corrected chi connectivity index (χ2v) is 19.9. The molecule has 2 aliphatic rings. The summed E-state index contributed by atoms with van der Waals surface area (Å²) in [6.45, 7) is 0. The summed E-state index contributed by atoms with van der Waals surface area (Å²) in [5, 5.41) is 0. The van der Waals surface area contributed by atoms with E-state index in [1.807, 2.05) is 23.5 Å². The van der Waals surface area contributed by atoms with Crippen molar-refractivity contribution in [2.24, 2.45) is 0 Å². The van der Waals surface area contributed by atoms with Crippen LogP contribution in [0.15, 0.2) is 293 Å². The van der Waals surface area contributed by atoms with E-state index < -0.39 is 0 Å². The first-order valence-corrected chi connectivity index (χ1v) is 25.6. The number of benzene rings is 11. The summed E-state index contributed by atoms with van der Waals surface area (Å²) >= 11 is 3.67. The van der Waals surface area contributed by atoms with Crippen molar-refractivity contribution in [1.29, 1.82) is 0 Å². The fourth-order valence-corrected chi connectivity index (χ4v) is 12.0. The lowest BCUT2D eigenvalue weighted by atomic mass is 9.99. The molecule has 0 radical (unpaired) electrons. The third-order valence-electron chi connectivity index (χ3n) is 13.5. The van der Waals surface area contributed by atoms with Gasteiger partial charge in [-0.2, -0.15) is 0 Å². The lowest BCUT2D eigenvalue weighted by Crippen LogP contribution is -2.14. The minimum atomic E-state index is 1.10. The minimum Gasteiger partial charge on any atom is -0.311 e. The number of para-hydroxylation sites is 5. The van der Waals surface area contributed by atoms with Gasteiger partial charge in [-0.15, -0.1) is 0 Å². The fourth-order valence-electron chi connectivity index (χ4n) is 9.91. The highest BCUT2D eigenvalue weighted by Crippen LogP contribution is 2.53. The van der Waals surface area contributed by atoms with Crippen molar-refractivity contribution in [3.05, 3.63) is 273 Å². The van der Waals surface area contributed by atoms with Crippen LogP contribution < -0.4 is 14.7 Å². The van der Waals surface area contributed by atoms with Gasteiger partial charge in [0.25, 0.3) is 0 Å². The maximum atomic E-state index is 2.38. The van der Waals surface area contributed by atoms with Crippen LogP contribution in [0, 0.1) is 0 Å². The topological polar surface area (TPSA) is 9.72 Å². The molecule has 0 saturated carbocycles. The van der Waals surface area contributed by atoms with Crippen LogP contribution in [-0.2, 0) is 0 Å². The third kappa shape index (κ3) is 8.15. The van der Waals surface area contributed by atoms with Gasteiger partial charge in [0.15, 0.2) is 0 Å². The van der Waals surface area contributed by atoms with Crippen LogP contribution in [0.2, 0.25) is 0 Å². The molecule has 2 aliphatic heterocycles. The molecule has 71 heavy (non-hydrogen) atoms. The van der Waals surface area contributed by atoms with Gasteiger partial charge < -0.3 is 14.7 Å². The molecule has 0 aromatic heterocycles. The lowest BCUT2D eigenvalue weighted by Gasteiger charge is -2.32. The molecular formula is C66H45N3S2. The van der Waals surface area contributed by atoms with Crippen LogP contribution in [0.1, 0.15) is 0 Å². The van der Waals surface area contributed by atoms with E-state index in [1.54, 1.807) is 0 Å². The van der Waals surface area contributed by atoms with Crippen molar-refractivity contribution in [1.82, 2.24) is 0 Å². The summed E-state index contributed by atoms with van der Waals surface area (Å²) in [5.74, 6) is 0. The van der Waals surface area contributed by atoms with E-state index in [-0.39, 0.29) is 0 Å². The van der Waals surface area contributed by atoms with Crippen molar-refractivity contribution in [3.63, 3.8) is 0 Å². The van der Waals surface area contributed by atoms with Crippen LogP contribution >= 0.6 is 23.5 Å². The average Bonchev–Trinajstić information content (AvgIpc) is 3.45. The number of anilines is 9. The second-order valence-electron chi connectivity index (χ2n) is 17.8. The van der Waals surface area contributed by atoms with Crippen LogP contribution in [-0.4, -0.2) is 0 Å². The van der Waals surface area contributed by atoms with Crippen LogP contribution in [0.25, 0.3) is 44.5 Å². The Hall–Kier alpha value is -8.48. The quantitative estimate of drug-likeness (QED) is 0.142. The SMILES string of the molecule is c1ccc(N(c2ccc(-c3ccc(-c4ccc(N5c6ccccc6Sc6ccccc65)cc4)cc3)cc2)c2ccc(-c3ccc(-c4ccc(N5c6ccccc6Sc6ccccc65)cc4)cc3)cc2)cc1. The van der Waals surface area contributed by atoms with Crippen molar-refractivity contribution < 1.29 is 0 Å². The number of fused-ring (bicyclic) bond motifs is 4. The largest absolute Gasteiger partial charge is 0.311 e. The summed E-state index contributed by atoms with van der Waals surface area (Å²) in [6.07, 6.45) is 0. The number of rotatable bonds is 9. The van der Waals surface area contributed by atoms with Crippen molar-refractivity contribution in [2.45, 2.75) is 19.6 Å². The fraction of sp³-hybridized carbons (Fsp3) is 0. The van der Waals surface area contributed by atoms with Crippen LogP contribution in [0.4, 0.5) is 51.2 Å². The molecule has 0 bridgehead atoms. The lowest BCUT2D eigenvalue weighted by molar-refractivity contribution is 1.17. The standard InChI is InChI=1S/C66H45N3S2/c1-2-12-54(13-3-1)67(55-38-30-50(31-39-55)46-22-26-48(27-23-46)52-34-42-57(43-35-52)68-59-14-4-8-18-63(59)70-64-19-9-5-15-60(64)68)56-40-32-51(33-41-56)47-24-28-49(29-25-47)53-36-44-58(45-37-53)69-61-16-6-10-20-65(61)71-66-21-11-7-17-62(66)69/h1-45H. The van der Waals surface area contributed by atoms with Gasteiger partial charge in [0.2, 0.25) is 0 Å². The molecule has 0 unspecified atom stereocenters. The molecule has 3 nitrogen and oxygen atoms in total. The van der Waals surface area contributed by atoms with Gasteiger partial charge >= 0.3 is 0 Å². The molecule has 0 spiro atoms. The van der Waals surface area contributed by atoms with Crippen molar-refractivity contribution >= 4 is 74.7 Å². The molecule has 336 valence electrons. The van der Waals surface area contributed by atoms with E-state index in [2.05, 4.69) is 288 Å². The molecule has 0 amide bonds. The van der Waals surface area contributed by atoms with E-state index in [0.29, 0.717) is 0 Å². The summed E-state index contributed by atoms with van der Waals surface area (Å²) in [5.41, 5.74) is 20.0. The highest BCUT2D eigenvalue weighted by atomic mass is 32.2. The Balaban J connectivity index is 0.709. The smallest absolute Gasteiger partial charge is 0.0601 e. The Morgan fingerprint density at radius 2 is 0.437 bits per heavy atom. The molecule has 0 fully saturated rings. The monoisotopic (exact) mass is 943 g/mol. The zero-order chi connectivity index (χ0) is 47.1. The zero-order valence-corrected chi connectivity index (χ0v) is 40.3. The predicted octanol–water partition coefficient (Wildman–Crippen LogP) is 19.7. The average molecular weight is 944 g/mol. The Bertz CT molecular complexity index is 3350. The van der Waals surface area contributed by atoms with Crippen LogP contribution in [0.3, 0.4) is 0 Å². The summed E-state index contributed by atoms with van der Waals surface area (Å²) in [4.78, 5) is 12.1. The maximum Gasteiger partial charge on any atom is 0.0601 e. The summed E-state index contributed by atoms with van der Waals surface area (Å²) in [6, 6.07) is 98.9. The molecule has 2 heterocycles. The Kier molecular flexibility index (Phi) is 11.1. The molecule has 0 atom stereocenters. The first kappa shape index (κ1) is 42.6. The normalized spacial score (nSPS) is 12.3. The highest BCUT2D eigenvalue weighted by Gasteiger charge is 2.26. The van der Waals surface area contributed by atoms with Gasteiger partial charge in [0, 0.05) is 48.0 Å². The molecule has 0 N–H and O–H groups in total. The van der Waals surface area contributed by atoms with Gasteiger partial charge in [-0.1, -0.05) is 187 Å². The van der Waals surface area contributed by atoms with Gasteiger partial charge in [-0.25, -0.2) is 0 Å². The number of hydrogen-bond donors (Lipinski definition) is 0. The van der Waals surface area contributed by atoms with Gasteiger partial charge in [-0.3, -0.25) is 0 Å². The Morgan fingerprint density at radius 3 is 0.732 bits per heavy atom. The maximum absolute atomic E-state index is 2.38. The minimum absolute atomic E-state index is 1.10. The van der Waals surface area contributed by atoms with Gasteiger partial charge in [0.1, 0.15) is 0 Å². The molecule has 11 aromatic rings. The molecule has 5 heteroatoms. The van der Waals surface area contributed by atoms with E-state index in [9.17, 15) is 0 Å². The van der Waals surface area contributed by atoms with E-state index in [0.717, 1.165) is 28.4 Å².